The molecule has 0 atom stereocenters. The second-order valence-corrected chi connectivity index (χ2v) is 6.52. The van der Waals surface area contributed by atoms with E-state index in [9.17, 15) is 4.79 Å². The van der Waals surface area contributed by atoms with E-state index in [1.54, 1.807) is 11.0 Å². The van der Waals surface area contributed by atoms with Gasteiger partial charge in [-0.2, -0.15) is 0 Å². The average molecular weight is 351 g/mol. The molecule has 0 N–H and O–H groups in total. The van der Waals surface area contributed by atoms with Gasteiger partial charge in [-0.1, -0.05) is 59.1 Å². The van der Waals surface area contributed by atoms with Crippen molar-refractivity contribution < 1.29 is 4.79 Å². The van der Waals surface area contributed by atoms with Gasteiger partial charge in [0, 0.05) is 25.0 Å². The normalized spacial score (nSPS) is 10.8. The van der Waals surface area contributed by atoms with Gasteiger partial charge < -0.3 is 9.47 Å². The van der Waals surface area contributed by atoms with Crippen LogP contribution in [0.25, 0.3) is 0 Å². The Morgan fingerprint density at radius 2 is 2.13 bits per heavy atom. The average Bonchev–Trinajstić information content (AvgIpc) is 2.93. The third-order valence-corrected chi connectivity index (χ3v) is 3.93. The lowest BCUT2D eigenvalue weighted by atomic mass is 10.1. The molecule has 1 heterocycles. The summed E-state index contributed by atoms with van der Waals surface area (Å²) < 4.78 is 2.12. The third kappa shape index (κ3) is 4.88. The predicted molar refractivity (Wildman–Crippen MR) is 95.8 cm³/mol. The number of hydrogen-bond acceptors (Lipinski definition) is 1. The van der Waals surface area contributed by atoms with Crippen LogP contribution in [-0.2, 0) is 17.9 Å². The van der Waals surface area contributed by atoms with Crippen LogP contribution in [0.2, 0.25) is 0 Å². The Kier molecular flexibility index (Phi) is 6.31. The minimum atomic E-state index is -1.06. The zero-order chi connectivity index (χ0) is 16.8. The molecule has 5 heteroatoms. The van der Waals surface area contributed by atoms with Crippen molar-refractivity contribution in [3.63, 3.8) is 0 Å². The smallest absolute Gasteiger partial charge is 0.256 e. The van der Waals surface area contributed by atoms with Crippen molar-refractivity contribution in [1.82, 2.24) is 9.47 Å². The third-order valence-electron chi connectivity index (χ3n) is 3.56. The molecule has 0 fully saturated rings. The molecular weight excluding hydrogens is 331 g/mol. The van der Waals surface area contributed by atoms with Crippen molar-refractivity contribution in [2.24, 2.45) is 0 Å². The fourth-order valence-corrected chi connectivity index (χ4v) is 2.75. The maximum atomic E-state index is 12.1. The molecular formula is C18H20Cl2N2O. The molecule has 2 rings (SSSR count). The number of carbonyl (C=O) groups is 1. The van der Waals surface area contributed by atoms with Crippen LogP contribution in [0.3, 0.4) is 0 Å². The zero-order valence-electron chi connectivity index (χ0n) is 13.1. The maximum absolute atomic E-state index is 12.1. The van der Waals surface area contributed by atoms with Crippen molar-refractivity contribution in [1.29, 1.82) is 0 Å². The largest absolute Gasteiger partial charge is 0.345 e. The van der Waals surface area contributed by atoms with Gasteiger partial charge in [-0.25, -0.2) is 0 Å². The fraction of sp³-hybridized carbons (Fsp3) is 0.278. The van der Waals surface area contributed by atoms with E-state index < -0.39 is 4.84 Å². The second kappa shape index (κ2) is 8.23. The minimum absolute atomic E-state index is 0.309. The van der Waals surface area contributed by atoms with Gasteiger partial charge in [-0.15, -0.1) is 6.58 Å². The van der Waals surface area contributed by atoms with Crippen LogP contribution >= 0.6 is 23.2 Å². The highest BCUT2D eigenvalue weighted by Crippen LogP contribution is 2.14. The maximum Gasteiger partial charge on any atom is 0.256 e. The van der Waals surface area contributed by atoms with E-state index in [1.165, 1.54) is 11.1 Å². The molecule has 0 saturated heterocycles. The van der Waals surface area contributed by atoms with E-state index in [1.807, 2.05) is 24.4 Å². The highest BCUT2D eigenvalue weighted by atomic mass is 35.5. The summed E-state index contributed by atoms with van der Waals surface area (Å²) in [5.41, 5.74) is 3.47. The minimum Gasteiger partial charge on any atom is -0.345 e. The Balaban J connectivity index is 2.16. The predicted octanol–water partition coefficient (Wildman–Crippen LogP) is 4.16. The highest BCUT2D eigenvalue weighted by molar-refractivity contribution is 6.53. The fourth-order valence-electron chi connectivity index (χ4n) is 2.48. The van der Waals surface area contributed by atoms with Crippen LogP contribution in [0, 0.1) is 6.92 Å². The lowest BCUT2D eigenvalue weighted by Gasteiger charge is -2.22. The summed E-state index contributed by atoms with van der Waals surface area (Å²) in [6, 6.07) is 12.3. The van der Waals surface area contributed by atoms with E-state index in [0.717, 1.165) is 12.2 Å². The van der Waals surface area contributed by atoms with Crippen LogP contribution < -0.4 is 0 Å². The van der Waals surface area contributed by atoms with Gasteiger partial charge in [0.15, 0.2) is 4.84 Å². The Morgan fingerprint density at radius 1 is 1.35 bits per heavy atom. The van der Waals surface area contributed by atoms with E-state index in [-0.39, 0.29) is 5.91 Å². The summed E-state index contributed by atoms with van der Waals surface area (Å²) >= 11 is 11.4. The van der Waals surface area contributed by atoms with Crippen LogP contribution in [-0.4, -0.2) is 26.8 Å². The first-order chi connectivity index (χ1) is 11.0. The van der Waals surface area contributed by atoms with Gasteiger partial charge in [0.25, 0.3) is 5.91 Å². The lowest BCUT2D eigenvalue weighted by molar-refractivity contribution is -0.129. The zero-order valence-corrected chi connectivity index (χ0v) is 14.6. The van der Waals surface area contributed by atoms with Crippen LogP contribution in [0.5, 0.6) is 0 Å². The number of carbonyl (C=O) groups excluding carboxylic acids is 1. The van der Waals surface area contributed by atoms with Gasteiger partial charge >= 0.3 is 0 Å². The van der Waals surface area contributed by atoms with Crippen LogP contribution in [0.1, 0.15) is 16.8 Å². The number of aromatic nitrogens is 1. The first kappa shape index (κ1) is 17.6. The molecule has 0 aliphatic rings. The molecule has 23 heavy (non-hydrogen) atoms. The van der Waals surface area contributed by atoms with Gasteiger partial charge in [0.05, 0.1) is 6.54 Å². The Bertz CT molecular complexity index is 679. The van der Waals surface area contributed by atoms with Crippen molar-refractivity contribution >= 4 is 29.1 Å². The summed E-state index contributed by atoms with van der Waals surface area (Å²) in [4.78, 5) is 12.6. The lowest BCUT2D eigenvalue weighted by Crippen LogP contribution is -2.35. The van der Waals surface area contributed by atoms with Crippen LogP contribution in [0.4, 0.5) is 0 Å². The van der Waals surface area contributed by atoms with Gasteiger partial charge in [0.1, 0.15) is 0 Å². The van der Waals surface area contributed by atoms with Gasteiger partial charge in [-0.3, -0.25) is 4.79 Å². The van der Waals surface area contributed by atoms with Crippen molar-refractivity contribution in [2.45, 2.75) is 24.8 Å². The molecule has 0 aliphatic carbocycles. The Labute approximate surface area is 147 Å². The number of hydrogen-bond donors (Lipinski definition) is 0. The molecule has 122 valence electrons. The number of amides is 1. The number of benzene rings is 1. The number of alkyl halides is 2. The quantitative estimate of drug-likeness (QED) is 0.543. The summed E-state index contributed by atoms with van der Waals surface area (Å²) in [6.45, 7) is 7.37. The van der Waals surface area contributed by atoms with Gasteiger partial charge in [0.2, 0.25) is 0 Å². The van der Waals surface area contributed by atoms with E-state index in [2.05, 4.69) is 36.3 Å². The molecule has 1 aromatic carbocycles. The number of rotatable bonds is 7. The molecule has 0 spiro atoms. The van der Waals surface area contributed by atoms with Crippen molar-refractivity contribution in [3.05, 3.63) is 72.1 Å². The summed E-state index contributed by atoms with van der Waals surface area (Å²) in [6.07, 6.45) is 3.68. The highest BCUT2D eigenvalue weighted by Gasteiger charge is 2.20. The second-order valence-electron chi connectivity index (χ2n) is 5.42. The standard InChI is InChI=1S/C18H20Cl2N2O/c1-3-9-22(18(23)17(19)20)13-16-8-5-10-21(16)12-15-7-4-6-14(2)11-15/h3-8,10-11,17H,1,9,12-13H2,2H3. The first-order valence-corrected chi connectivity index (χ1v) is 8.26. The van der Waals surface area contributed by atoms with E-state index in [0.29, 0.717) is 13.1 Å². The summed E-state index contributed by atoms with van der Waals surface area (Å²) in [5, 5.41) is 0. The molecule has 3 nitrogen and oxygen atoms in total. The molecule has 0 radical (unpaired) electrons. The Morgan fingerprint density at radius 3 is 2.78 bits per heavy atom. The van der Waals surface area contributed by atoms with Crippen molar-refractivity contribution in [2.75, 3.05) is 6.54 Å². The van der Waals surface area contributed by atoms with Crippen LogP contribution in [0.15, 0.2) is 55.3 Å². The summed E-state index contributed by atoms with van der Waals surface area (Å²) in [5.74, 6) is -0.309. The molecule has 2 aromatic rings. The molecule has 0 unspecified atom stereocenters. The van der Waals surface area contributed by atoms with E-state index >= 15 is 0 Å². The topological polar surface area (TPSA) is 25.2 Å². The molecule has 0 saturated carbocycles. The molecule has 0 bridgehead atoms. The van der Waals surface area contributed by atoms with Crippen molar-refractivity contribution in [3.8, 4) is 0 Å². The SMILES string of the molecule is C=CCN(Cc1cccn1Cc1cccc(C)c1)C(=O)C(Cl)Cl. The first-order valence-electron chi connectivity index (χ1n) is 7.38. The number of nitrogens with zero attached hydrogens (tertiary/aromatic N) is 2. The Hall–Kier alpha value is -1.71. The summed E-state index contributed by atoms with van der Waals surface area (Å²) in [7, 11) is 0. The van der Waals surface area contributed by atoms with E-state index in [4.69, 9.17) is 23.2 Å². The molecule has 0 aliphatic heterocycles. The molecule has 1 amide bonds. The number of aryl methyl sites for hydroxylation is 1. The number of halogens is 2. The molecule has 1 aromatic heterocycles. The van der Waals surface area contributed by atoms with Gasteiger partial charge in [-0.05, 0) is 24.6 Å². The monoisotopic (exact) mass is 350 g/mol.